The maximum Gasteiger partial charge on any atom is 0.321 e. The molecule has 0 aliphatic heterocycles. The molecule has 2 heterocycles. The number of aryl methyl sites for hydroxylation is 1. The highest BCUT2D eigenvalue weighted by Crippen LogP contribution is 2.19. The van der Waals surface area contributed by atoms with Crippen LogP contribution in [0.15, 0.2) is 30.7 Å². The van der Waals surface area contributed by atoms with Gasteiger partial charge in [0, 0.05) is 30.7 Å². The SMILES string of the molecule is Cc1ncccc1Oc1ncc(CN)cn1. The first kappa shape index (κ1) is 10.5. The van der Waals surface area contributed by atoms with Gasteiger partial charge in [-0.15, -0.1) is 0 Å². The summed E-state index contributed by atoms with van der Waals surface area (Å²) in [7, 11) is 0. The third-order valence-corrected chi connectivity index (χ3v) is 2.08. The van der Waals surface area contributed by atoms with Gasteiger partial charge in [0.05, 0.1) is 5.69 Å². The lowest BCUT2D eigenvalue weighted by atomic mass is 10.3. The van der Waals surface area contributed by atoms with Crippen molar-refractivity contribution < 1.29 is 4.74 Å². The van der Waals surface area contributed by atoms with Crippen LogP contribution in [0.5, 0.6) is 11.8 Å². The molecule has 0 aliphatic carbocycles. The van der Waals surface area contributed by atoms with Gasteiger partial charge >= 0.3 is 6.01 Å². The lowest BCUT2D eigenvalue weighted by Crippen LogP contribution is -2.00. The molecule has 2 aromatic rings. The number of ether oxygens (including phenoxy) is 1. The molecule has 0 fully saturated rings. The molecule has 82 valence electrons. The molecule has 2 rings (SSSR count). The molecule has 0 saturated carbocycles. The normalized spacial score (nSPS) is 10.1. The quantitative estimate of drug-likeness (QED) is 0.840. The third-order valence-electron chi connectivity index (χ3n) is 2.08. The minimum Gasteiger partial charge on any atom is -0.422 e. The predicted octanol–water partition coefficient (Wildman–Crippen LogP) is 1.43. The lowest BCUT2D eigenvalue weighted by molar-refractivity contribution is 0.435. The van der Waals surface area contributed by atoms with E-state index in [-0.39, 0.29) is 0 Å². The van der Waals surface area contributed by atoms with E-state index in [9.17, 15) is 0 Å². The molecule has 5 nitrogen and oxygen atoms in total. The number of hydrogen-bond acceptors (Lipinski definition) is 5. The summed E-state index contributed by atoms with van der Waals surface area (Å²) in [6.07, 6.45) is 5.00. The lowest BCUT2D eigenvalue weighted by Gasteiger charge is -2.05. The molecule has 0 bridgehead atoms. The van der Waals surface area contributed by atoms with Gasteiger partial charge in [-0.3, -0.25) is 4.98 Å². The van der Waals surface area contributed by atoms with E-state index >= 15 is 0 Å². The number of pyridine rings is 1. The highest BCUT2D eigenvalue weighted by Gasteiger charge is 2.03. The van der Waals surface area contributed by atoms with Crippen molar-refractivity contribution in [2.24, 2.45) is 5.73 Å². The van der Waals surface area contributed by atoms with Crippen LogP contribution in [0.25, 0.3) is 0 Å². The van der Waals surface area contributed by atoms with E-state index in [0.29, 0.717) is 18.3 Å². The second-order valence-corrected chi connectivity index (χ2v) is 3.27. The number of aromatic nitrogens is 3. The van der Waals surface area contributed by atoms with Crippen molar-refractivity contribution in [3.8, 4) is 11.8 Å². The average Bonchev–Trinajstić information content (AvgIpc) is 2.33. The third kappa shape index (κ3) is 2.32. The van der Waals surface area contributed by atoms with Crippen LogP contribution in [-0.4, -0.2) is 15.0 Å². The van der Waals surface area contributed by atoms with Crippen molar-refractivity contribution in [3.05, 3.63) is 42.0 Å². The molecular weight excluding hydrogens is 204 g/mol. The molecule has 5 heteroatoms. The van der Waals surface area contributed by atoms with E-state index in [4.69, 9.17) is 10.5 Å². The van der Waals surface area contributed by atoms with Crippen LogP contribution in [0, 0.1) is 6.92 Å². The van der Waals surface area contributed by atoms with Gasteiger partial charge in [0.2, 0.25) is 0 Å². The molecule has 0 spiro atoms. The van der Waals surface area contributed by atoms with Gasteiger partial charge in [0.1, 0.15) is 0 Å². The van der Waals surface area contributed by atoms with E-state index in [1.807, 2.05) is 13.0 Å². The molecule has 0 atom stereocenters. The minimum atomic E-state index is 0.299. The first-order valence-corrected chi connectivity index (χ1v) is 4.90. The Kier molecular flexibility index (Phi) is 3.07. The zero-order valence-electron chi connectivity index (χ0n) is 8.92. The molecule has 2 aromatic heterocycles. The Morgan fingerprint density at radius 2 is 2.00 bits per heavy atom. The Labute approximate surface area is 93.3 Å². The monoisotopic (exact) mass is 216 g/mol. The fraction of sp³-hybridized carbons (Fsp3) is 0.182. The largest absolute Gasteiger partial charge is 0.422 e. The summed E-state index contributed by atoms with van der Waals surface area (Å²) in [6.45, 7) is 2.29. The van der Waals surface area contributed by atoms with E-state index in [1.165, 1.54) is 0 Å². The van der Waals surface area contributed by atoms with Crippen LogP contribution >= 0.6 is 0 Å². The van der Waals surface area contributed by atoms with Gasteiger partial charge in [-0.2, -0.15) is 0 Å². The van der Waals surface area contributed by atoms with Crippen LogP contribution in [0.2, 0.25) is 0 Å². The van der Waals surface area contributed by atoms with Crippen molar-refractivity contribution in [3.63, 3.8) is 0 Å². The summed E-state index contributed by atoms with van der Waals surface area (Å²) in [5.74, 6) is 0.656. The maximum absolute atomic E-state index is 5.48. The van der Waals surface area contributed by atoms with Crippen LogP contribution in [-0.2, 0) is 6.54 Å². The molecule has 0 aromatic carbocycles. The fourth-order valence-corrected chi connectivity index (χ4v) is 1.18. The van der Waals surface area contributed by atoms with Crippen LogP contribution in [0.3, 0.4) is 0 Å². The number of nitrogens with two attached hydrogens (primary N) is 1. The average molecular weight is 216 g/mol. The molecular formula is C11H12N4O. The molecule has 0 unspecified atom stereocenters. The topological polar surface area (TPSA) is 73.9 Å². The van der Waals surface area contributed by atoms with Gasteiger partial charge in [0.15, 0.2) is 5.75 Å². The minimum absolute atomic E-state index is 0.299. The van der Waals surface area contributed by atoms with E-state index in [0.717, 1.165) is 11.3 Å². The summed E-state index contributed by atoms with van der Waals surface area (Å²) in [4.78, 5) is 12.2. The van der Waals surface area contributed by atoms with Crippen molar-refractivity contribution in [1.29, 1.82) is 0 Å². The highest BCUT2D eigenvalue weighted by molar-refractivity contribution is 5.28. The first-order chi connectivity index (χ1) is 7.79. The number of nitrogens with zero attached hydrogens (tertiary/aromatic N) is 3. The Morgan fingerprint density at radius 1 is 1.25 bits per heavy atom. The van der Waals surface area contributed by atoms with Gasteiger partial charge in [0.25, 0.3) is 0 Å². The summed E-state index contributed by atoms with van der Waals surface area (Å²) < 4.78 is 5.48. The zero-order chi connectivity index (χ0) is 11.4. The number of hydrogen-bond donors (Lipinski definition) is 1. The standard InChI is InChI=1S/C11H12N4O/c1-8-10(3-2-4-13-8)16-11-14-6-9(5-12)7-15-11/h2-4,6-7H,5,12H2,1H3. The molecule has 0 saturated heterocycles. The van der Waals surface area contributed by atoms with E-state index < -0.39 is 0 Å². The van der Waals surface area contributed by atoms with Crippen molar-refractivity contribution in [2.45, 2.75) is 13.5 Å². The second kappa shape index (κ2) is 4.67. The van der Waals surface area contributed by atoms with Gasteiger partial charge < -0.3 is 10.5 Å². The van der Waals surface area contributed by atoms with Crippen molar-refractivity contribution in [2.75, 3.05) is 0 Å². The summed E-state index contributed by atoms with van der Waals surface area (Å²) in [6, 6.07) is 3.92. The summed E-state index contributed by atoms with van der Waals surface area (Å²) >= 11 is 0. The summed E-state index contributed by atoms with van der Waals surface area (Å²) in [5, 5.41) is 0. The maximum atomic E-state index is 5.48. The Hall–Kier alpha value is -2.01. The van der Waals surface area contributed by atoms with Crippen LogP contribution in [0.4, 0.5) is 0 Å². The van der Waals surface area contributed by atoms with Crippen LogP contribution < -0.4 is 10.5 Å². The Balaban J connectivity index is 2.18. The zero-order valence-corrected chi connectivity index (χ0v) is 8.92. The number of rotatable bonds is 3. The smallest absolute Gasteiger partial charge is 0.321 e. The van der Waals surface area contributed by atoms with Crippen molar-refractivity contribution in [1.82, 2.24) is 15.0 Å². The van der Waals surface area contributed by atoms with Crippen molar-refractivity contribution >= 4 is 0 Å². The molecule has 0 radical (unpaired) electrons. The second-order valence-electron chi connectivity index (χ2n) is 3.27. The molecule has 0 aliphatic rings. The van der Waals surface area contributed by atoms with E-state index in [2.05, 4.69) is 15.0 Å². The molecule has 2 N–H and O–H groups in total. The van der Waals surface area contributed by atoms with Crippen LogP contribution in [0.1, 0.15) is 11.3 Å². The highest BCUT2D eigenvalue weighted by atomic mass is 16.5. The van der Waals surface area contributed by atoms with E-state index in [1.54, 1.807) is 24.7 Å². The Morgan fingerprint density at radius 3 is 2.62 bits per heavy atom. The summed E-state index contributed by atoms with van der Waals surface area (Å²) in [5.41, 5.74) is 7.12. The van der Waals surface area contributed by atoms with Gasteiger partial charge in [-0.1, -0.05) is 0 Å². The molecule has 16 heavy (non-hydrogen) atoms. The fourth-order valence-electron chi connectivity index (χ4n) is 1.18. The van der Waals surface area contributed by atoms with Gasteiger partial charge in [-0.25, -0.2) is 9.97 Å². The first-order valence-electron chi connectivity index (χ1n) is 4.90. The van der Waals surface area contributed by atoms with Gasteiger partial charge in [-0.05, 0) is 19.1 Å². The predicted molar refractivity (Wildman–Crippen MR) is 59.0 cm³/mol. The molecule has 0 amide bonds. The Bertz CT molecular complexity index is 470.